The maximum atomic E-state index is 12.9. The Morgan fingerprint density at radius 1 is 1.15 bits per heavy atom. The summed E-state index contributed by atoms with van der Waals surface area (Å²) in [6.45, 7) is 1.96. The minimum absolute atomic E-state index is 0.127. The number of methoxy groups -OCH3 is 1. The normalized spacial score (nSPS) is 11.7. The van der Waals surface area contributed by atoms with Gasteiger partial charge in [0.2, 0.25) is 10.0 Å². The molecule has 7 nitrogen and oxygen atoms in total. The van der Waals surface area contributed by atoms with Gasteiger partial charge in [0.15, 0.2) is 5.82 Å². The zero-order valence-electron chi connectivity index (χ0n) is 14.7. The lowest BCUT2D eigenvalue weighted by atomic mass is 10.2. The highest BCUT2D eigenvalue weighted by atomic mass is 32.2. The molecule has 0 aliphatic rings. The molecule has 0 fully saturated rings. The molecular weight excluding hydrogens is 354 g/mol. The topological polar surface area (TPSA) is 85.5 Å². The molecule has 0 saturated carbocycles. The average molecular weight is 373 g/mol. The highest BCUT2D eigenvalue weighted by Gasteiger charge is 2.24. The van der Waals surface area contributed by atoms with Crippen LogP contribution in [0.4, 0.5) is 0 Å². The number of aryl methyl sites for hydroxylation is 1. The molecule has 0 radical (unpaired) electrons. The number of hydrogen-bond acceptors (Lipinski definition) is 6. The van der Waals surface area contributed by atoms with Crippen molar-refractivity contribution in [1.82, 2.24) is 14.4 Å². The smallest absolute Gasteiger partial charge is 0.261 e. The molecule has 1 aromatic heterocycles. The average Bonchev–Trinajstić information content (AvgIpc) is 3.08. The second-order valence-corrected chi connectivity index (χ2v) is 7.80. The minimum Gasteiger partial charge on any atom is -0.496 e. The molecule has 3 rings (SSSR count). The Kier molecular flexibility index (Phi) is 5.06. The van der Waals surface area contributed by atoms with Crippen LogP contribution in [0.5, 0.6) is 5.75 Å². The molecule has 26 heavy (non-hydrogen) atoms. The molecule has 0 amide bonds. The Morgan fingerprint density at radius 3 is 2.50 bits per heavy atom. The zero-order valence-corrected chi connectivity index (χ0v) is 15.5. The Hall–Kier alpha value is -2.71. The van der Waals surface area contributed by atoms with Crippen molar-refractivity contribution in [2.45, 2.75) is 18.4 Å². The van der Waals surface area contributed by atoms with E-state index >= 15 is 0 Å². The number of sulfonamides is 1. The van der Waals surface area contributed by atoms with E-state index in [-0.39, 0.29) is 17.3 Å². The van der Waals surface area contributed by atoms with Gasteiger partial charge in [0.05, 0.1) is 17.6 Å². The molecule has 0 aliphatic heterocycles. The fraction of sp³-hybridized carbons (Fsp3) is 0.222. The van der Waals surface area contributed by atoms with E-state index < -0.39 is 10.0 Å². The zero-order chi connectivity index (χ0) is 18.7. The molecule has 0 saturated heterocycles. The molecule has 0 N–H and O–H groups in total. The summed E-state index contributed by atoms with van der Waals surface area (Å²) in [4.78, 5) is 4.29. The molecule has 1 heterocycles. The van der Waals surface area contributed by atoms with Gasteiger partial charge < -0.3 is 9.26 Å². The summed E-state index contributed by atoms with van der Waals surface area (Å²) in [5.41, 5.74) is 1.34. The van der Waals surface area contributed by atoms with Gasteiger partial charge in [0.1, 0.15) is 5.75 Å². The van der Waals surface area contributed by atoms with E-state index in [1.807, 2.05) is 30.3 Å². The maximum absolute atomic E-state index is 12.9. The van der Waals surface area contributed by atoms with Crippen LogP contribution in [0.1, 0.15) is 11.4 Å². The first-order chi connectivity index (χ1) is 12.4. The van der Waals surface area contributed by atoms with Gasteiger partial charge in [-0.15, -0.1) is 0 Å². The van der Waals surface area contributed by atoms with E-state index in [0.717, 1.165) is 5.56 Å². The second kappa shape index (κ2) is 7.27. The number of nitrogens with zero attached hydrogens (tertiary/aromatic N) is 3. The van der Waals surface area contributed by atoms with Crippen molar-refractivity contribution in [2.75, 3.05) is 14.2 Å². The third kappa shape index (κ3) is 3.61. The van der Waals surface area contributed by atoms with E-state index in [1.54, 1.807) is 20.0 Å². The van der Waals surface area contributed by atoms with Crippen LogP contribution in [0.25, 0.3) is 11.5 Å². The molecule has 0 unspecified atom stereocenters. The number of hydrogen-bond donors (Lipinski definition) is 0. The number of benzene rings is 2. The molecule has 0 atom stereocenters. The highest BCUT2D eigenvalue weighted by molar-refractivity contribution is 7.89. The van der Waals surface area contributed by atoms with Gasteiger partial charge in [-0.2, -0.15) is 9.29 Å². The van der Waals surface area contributed by atoms with E-state index in [2.05, 4.69) is 10.1 Å². The Morgan fingerprint density at radius 2 is 1.88 bits per heavy atom. The van der Waals surface area contributed by atoms with Gasteiger partial charge in [-0.1, -0.05) is 35.5 Å². The summed E-state index contributed by atoms with van der Waals surface area (Å²) in [7, 11) is -0.655. The van der Waals surface area contributed by atoms with Gasteiger partial charge in [-0.3, -0.25) is 0 Å². The van der Waals surface area contributed by atoms with Crippen LogP contribution in [0, 0.1) is 6.92 Å². The lowest BCUT2D eigenvalue weighted by Crippen LogP contribution is -2.26. The van der Waals surface area contributed by atoms with Gasteiger partial charge in [0, 0.05) is 13.6 Å². The van der Waals surface area contributed by atoms with Crippen molar-refractivity contribution in [3.05, 3.63) is 59.9 Å². The molecular formula is C18H19N3O4S. The summed E-state index contributed by atoms with van der Waals surface area (Å²) < 4.78 is 37.6. The molecule has 0 spiro atoms. The number of aromatic nitrogens is 2. The standard InChI is InChI=1S/C18H19N3O4S/c1-13-19-18(25-20-13)16-11-15(9-10-17(16)24-3)26(22,23)21(2)12-14-7-5-4-6-8-14/h4-11H,12H2,1-3H3. The monoisotopic (exact) mass is 373 g/mol. The molecule has 3 aromatic rings. The third-order valence-electron chi connectivity index (χ3n) is 3.89. The largest absolute Gasteiger partial charge is 0.496 e. The lowest BCUT2D eigenvalue weighted by Gasteiger charge is -2.18. The predicted molar refractivity (Wildman–Crippen MR) is 96.1 cm³/mol. The fourth-order valence-electron chi connectivity index (χ4n) is 2.53. The quantitative estimate of drug-likeness (QED) is 0.660. The predicted octanol–water partition coefficient (Wildman–Crippen LogP) is 2.87. The van der Waals surface area contributed by atoms with Gasteiger partial charge in [-0.05, 0) is 30.7 Å². The van der Waals surface area contributed by atoms with E-state index in [9.17, 15) is 8.42 Å². The highest BCUT2D eigenvalue weighted by Crippen LogP contribution is 2.32. The summed E-state index contributed by atoms with van der Waals surface area (Å²) in [6.07, 6.45) is 0. The molecule has 0 aliphatic carbocycles. The summed E-state index contributed by atoms with van der Waals surface area (Å²) in [5, 5.41) is 3.75. The first-order valence-corrected chi connectivity index (χ1v) is 9.35. The van der Waals surface area contributed by atoms with Crippen LogP contribution < -0.4 is 4.74 Å². The first-order valence-electron chi connectivity index (χ1n) is 7.91. The van der Waals surface area contributed by atoms with Crippen molar-refractivity contribution in [2.24, 2.45) is 0 Å². The molecule has 0 bridgehead atoms. The SMILES string of the molecule is COc1ccc(S(=O)(=O)N(C)Cc2ccccc2)cc1-c1nc(C)no1. The first kappa shape index (κ1) is 18.1. The van der Waals surface area contributed by atoms with Gasteiger partial charge in [0.25, 0.3) is 5.89 Å². The van der Waals surface area contributed by atoms with Crippen molar-refractivity contribution in [3.63, 3.8) is 0 Å². The van der Waals surface area contributed by atoms with Crippen LogP contribution in [0.15, 0.2) is 57.9 Å². The summed E-state index contributed by atoms with van der Waals surface area (Å²) >= 11 is 0. The van der Waals surface area contributed by atoms with E-state index in [4.69, 9.17) is 9.26 Å². The van der Waals surface area contributed by atoms with Gasteiger partial charge in [-0.25, -0.2) is 8.42 Å². The van der Waals surface area contributed by atoms with E-state index in [1.165, 1.54) is 23.5 Å². The van der Waals surface area contributed by atoms with Crippen LogP contribution in [-0.4, -0.2) is 37.0 Å². The Balaban J connectivity index is 1.97. The lowest BCUT2D eigenvalue weighted by molar-refractivity contribution is 0.403. The summed E-state index contributed by atoms with van der Waals surface area (Å²) in [6, 6.07) is 14.0. The minimum atomic E-state index is -3.70. The summed E-state index contributed by atoms with van der Waals surface area (Å²) in [5.74, 6) is 1.12. The van der Waals surface area contributed by atoms with Gasteiger partial charge >= 0.3 is 0 Å². The number of ether oxygens (including phenoxy) is 1. The molecule has 8 heteroatoms. The third-order valence-corrected chi connectivity index (χ3v) is 5.68. The van der Waals surface area contributed by atoms with Crippen molar-refractivity contribution >= 4 is 10.0 Å². The fourth-order valence-corrected chi connectivity index (χ4v) is 3.71. The van der Waals surface area contributed by atoms with Crippen LogP contribution in [0.2, 0.25) is 0 Å². The second-order valence-electron chi connectivity index (χ2n) is 5.76. The van der Waals surface area contributed by atoms with Crippen molar-refractivity contribution in [3.8, 4) is 17.2 Å². The van der Waals surface area contributed by atoms with Crippen LogP contribution >= 0.6 is 0 Å². The van der Waals surface area contributed by atoms with Crippen LogP contribution in [-0.2, 0) is 16.6 Å². The Labute approximate surface area is 152 Å². The molecule has 2 aromatic carbocycles. The molecule has 136 valence electrons. The van der Waals surface area contributed by atoms with E-state index in [0.29, 0.717) is 17.1 Å². The maximum Gasteiger partial charge on any atom is 0.261 e. The van der Waals surface area contributed by atoms with Crippen molar-refractivity contribution < 1.29 is 17.7 Å². The number of rotatable bonds is 6. The van der Waals surface area contributed by atoms with Crippen molar-refractivity contribution in [1.29, 1.82) is 0 Å². The van der Waals surface area contributed by atoms with Crippen LogP contribution in [0.3, 0.4) is 0 Å². The Bertz CT molecular complexity index is 1000.